The maximum Gasteiger partial charge on any atom is 0.149 e. The quantitative estimate of drug-likeness (QED) is 0.376. The van der Waals surface area contributed by atoms with E-state index >= 15 is 0 Å². The normalized spacial score (nSPS) is 11.8. The lowest BCUT2D eigenvalue weighted by Gasteiger charge is -2.11. The van der Waals surface area contributed by atoms with Gasteiger partial charge in [-0.25, -0.2) is 9.37 Å². The number of nitrogens with zero attached hydrogens (tertiary/aromatic N) is 3. The van der Waals surface area contributed by atoms with Crippen LogP contribution >= 0.6 is 15.9 Å². The largest absolute Gasteiger partial charge is 0.337 e. The second-order valence-electron chi connectivity index (χ2n) is 7.01. The maximum absolute atomic E-state index is 13.5. The third kappa shape index (κ3) is 3.50. The van der Waals surface area contributed by atoms with E-state index in [4.69, 9.17) is 0 Å². The lowest BCUT2D eigenvalue weighted by Crippen LogP contribution is -1.99. The molecule has 4 rings (SSSR count). The van der Waals surface area contributed by atoms with E-state index in [-0.39, 0.29) is 5.82 Å². The van der Waals surface area contributed by atoms with Gasteiger partial charge in [-0.05, 0) is 80.4 Å². The number of hydrogen-bond donors (Lipinski definition) is 1. The molecule has 0 atom stereocenters. The van der Waals surface area contributed by atoms with Gasteiger partial charge in [0.1, 0.15) is 17.7 Å². The first-order valence-electron chi connectivity index (χ1n) is 9.10. The number of hydrogen-bond acceptors (Lipinski definition) is 2. The van der Waals surface area contributed by atoms with E-state index in [0.717, 1.165) is 32.7 Å². The number of halogens is 2. The Balaban J connectivity index is 1.80. The molecule has 0 unspecified atom stereocenters. The fourth-order valence-corrected chi connectivity index (χ4v) is 3.76. The zero-order valence-electron chi connectivity index (χ0n) is 16.2. The first-order valence-corrected chi connectivity index (χ1v) is 9.89. The van der Waals surface area contributed by atoms with Gasteiger partial charge in [0.15, 0.2) is 0 Å². The first-order chi connectivity index (χ1) is 13.9. The van der Waals surface area contributed by atoms with Crippen molar-refractivity contribution in [2.75, 3.05) is 0 Å². The van der Waals surface area contributed by atoms with Gasteiger partial charge in [-0.2, -0.15) is 5.26 Å². The molecule has 6 heteroatoms. The molecule has 0 aliphatic rings. The number of nitrogens with one attached hydrogen (secondary N) is 1. The minimum Gasteiger partial charge on any atom is -0.337 e. The summed E-state index contributed by atoms with van der Waals surface area (Å²) in [5.41, 5.74) is 6.84. The van der Waals surface area contributed by atoms with Gasteiger partial charge < -0.3 is 9.55 Å². The van der Waals surface area contributed by atoms with Crippen molar-refractivity contribution in [3.8, 4) is 11.8 Å². The predicted octanol–water partition coefficient (Wildman–Crippen LogP) is 6.24. The van der Waals surface area contributed by atoms with Crippen LogP contribution in [0.4, 0.5) is 4.39 Å². The van der Waals surface area contributed by atoms with E-state index in [2.05, 4.69) is 55.6 Å². The van der Waals surface area contributed by atoms with Crippen molar-refractivity contribution in [3.05, 3.63) is 81.1 Å². The molecule has 29 heavy (non-hydrogen) atoms. The van der Waals surface area contributed by atoms with Crippen molar-refractivity contribution in [2.45, 2.75) is 20.8 Å². The summed E-state index contributed by atoms with van der Waals surface area (Å²) in [5.74, 6) is 0.0842. The molecule has 0 amide bonds. The summed E-state index contributed by atoms with van der Waals surface area (Å²) in [6.07, 6.45) is 1.82. The number of nitriles is 1. The summed E-state index contributed by atoms with van der Waals surface area (Å²) in [4.78, 5) is 7.47. The SMILES string of the molecule is Cc1cc(-n2c(C)cc(/C=C(/C#N)c3nc4ccc(F)cc4[nH]3)c2C)ccc1Br. The molecule has 0 aliphatic heterocycles. The second-order valence-corrected chi connectivity index (χ2v) is 7.87. The third-order valence-electron chi connectivity index (χ3n) is 4.99. The lowest BCUT2D eigenvalue weighted by atomic mass is 10.1. The molecule has 4 nitrogen and oxygen atoms in total. The molecule has 0 fully saturated rings. The van der Waals surface area contributed by atoms with Gasteiger partial charge in [-0.15, -0.1) is 0 Å². The van der Waals surface area contributed by atoms with Crippen molar-refractivity contribution in [1.82, 2.24) is 14.5 Å². The van der Waals surface area contributed by atoms with Gasteiger partial charge in [0, 0.05) is 21.5 Å². The maximum atomic E-state index is 13.5. The minimum absolute atomic E-state index is 0.344. The molecule has 2 heterocycles. The molecular weight excluding hydrogens is 431 g/mol. The van der Waals surface area contributed by atoms with Crippen LogP contribution in [0.15, 0.2) is 46.9 Å². The van der Waals surface area contributed by atoms with Crippen LogP contribution in [0, 0.1) is 37.9 Å². The van der Waals surface area contributed by atoms with E-state index in [1.54, 1.807) is 6.07 Å². The van der Waals surface area contributed by atoms with Crippen molar-refractivity contribution in [3.63, 3.8) is 0 Å². The van der Waals surface area contributed by atoms with Gasteiger partial charge >= 0.3 is 0 Å². The number of rotatable bonds is 3. The first kappa shape index (κ1) is 19.2. The highest BCUT2D eigenvalue weighted by molar-refractivity contribution is 9.10. The lowest BCUT2D eigenvalue weighted by molar-refractivity contribution is 0.629. The fourth-order valence-electron chi connectivity index (χ4n) is 3.52. The molecule has 0 spiro atoms. The molecule has 0 saturated carbocycles. The summed E-state index contributed by atoms with van der Waals surface area (Å²) in [5, 5.41) is 9.71. The number of allylic oxidation sites excluding steroid dienone is 1. The van der Waals surface area contributed by atoms with Gasteiger partial charge in [-0.3, -0.25) is 0 Å². The average molecular weight is 449 g/mol. The Morgan fingerprint density at radius 2 is 1.97 bits per heavy atom. The zero-order chi connectivity index (χ0) is 20.7. The van der Waals surface area contributed by atoms with Crippen LogP contribution in [0.3, 0.4) is 0 Å². The summed E-state index contributed by atoms with van der Waals surface area (Å²) in [6.45, 7) is 6.12. The molecule has 2 aromatic carbocycles. The standard InChI is InChI=1S/C23H18BrFN4/c1-13-8-19(5-6-20(13)24)29-14(2)9-16(15(29)3)10-17(12-26)23-27-21-7-4-18(25)11-22(21)28-23/h4-11H,1-3H3,(H,27,28)/b17-10-. The van der Waals surface area contributed by atoms with Crippen molar-refractivity contribution >= 4 is 38.6 Å². The Morgan fingerprint density at radius 3 is 2.69 bits per heavy atom. The number of H-pyrrole nitrogens is 1. The number of imidazole rings is 1. The van der Waals surface area contributed by atoms with Gasteiger partial charge in [0.05, 0.1) is 16.6 Å². The molecule has 1 N–H and O–H groups in total. The number of fused-ring (bicyclic) bond motifs is 1. The van der Waals surface area contributed by atoms with Crippen molar-refractivity contribution in [2.24, 2.45) is 0 Å². The Hall–Kier alpha value is -3.17. The molecule has 0 saturated heterocycles. The number of benzene rings is 2. The van der Waals surface area contributed by atoms with Crippen LogP contribution < -0.4 is 0 Å². The molecular formula is C23H18BrFN4. The summed E-state index contributed by atoms with van der Waals surface area (Å²) in [7, 11) is 0. The van der Waals surface area contributed by atoms with E-state index in [9.17, 15) is 9.65 Å². The Morgan fingerprint density at radius 1 is 1.17 bits per heavy atom. The highest BCUT2D eigenvalue weighted by atomic mass is 79.9. The molecule has 0 bridgehead atoms. The Kier molecular flexibility index (Phi) is 4.85. The molecule has 0 aliphatic carbocycles. The Bertz CT molecular complexity index is 1320. The zero-order valence-corrected chi connectivity index (χ0v) is 17.8. The van der Waals surface area contributed by atoms with Crippen LogP contribution in [0.5, 0.6) is 0 Å². The van der Waals surface area contributed by atoms with E-state index in [1.165, 1.54) is 12.1 Å². The third-order valence-corrected chi connectivity index (χ3v) is 5.88. The fraction of sp³-hybridized carbons (Fsp3) is 0.130. The number of aryl methyl sites for hydroxylation is 2. The monoisotopic (exact) mass is 448 g/mol. The topological polar surface area (TPSA) is 57.4 Å². The van der Waals surface area contributed by atoms with Crippen molar-refractivity contribution in [1.29, 1.82) is 5.26 Å². The number of aromatic amines is 1. The predicted molar refractivity (Wildman–Crippen MR) is 117 cm³/mol. The van der Waals surface area contributed by atoms with E-state index in [0.29, 0.717) is 22.4 Å². The highest BCUT2D eigenvalue weighted by Gasteiger charge is 2.13. The van der Waals surface area contributed by atoms with E-state index in [1.807, 2.05) is 32.1 Å². The van der Waals surface area contributed by atoms with Crippen LogP contribution in [-0.4, -0.2) is 14.5 Å². The van der Waals surface area contributed by atoms with E-state index < -0.39 is 0 Å². The molecule has 0 radical (unpaired) electrons. The molecule has 2 aromatic heterocycles. The van der Waals surface area contributed by atoms with Crippen LogP contribution in [0.1, 0.15) is 28.3 Å². The van der Waals surface area contributed by atoms with Crippen LogP contribution in [0.2, 0.25) is 0 Å². The summed E-state index contributed by atoms with van der Waals surface area (Å²) >= 11 is 3.54. The average Bonchev–Trinajstić information content (AvgIpc) is 3.22. The van der Waals surface area contributed by atoms with Gasteiger partial charge in [0.2, 0.25) is 0 Å². The second kappa shape index (κ2) is 7.34. The van der Waals surface area contributed by atoms with Crippen LogP contribution in [-0.2, 0) is 0 Å². The number of aromatic nitrogens is 3. The van der Waals surface area contributed by atoms with Gasteiger partial charge in [-0.1, -0.05) is 15.9 Å². The molecule has 144 valence electrons. The van der Waals surface area contributed by atoms with Crippen molar-refractivity contribution < 1.29 is 4.39 Å². The Labute approximate surface area is 176 Å². The summed E-state index contributed by atoms with van der Waals surface area (Å²) in [6, 6.07) is 14.8. The highest BCUT2D eigenvalue weighted by Crippen LogP contribution is 2.27. The summed E-state index contributed by atoms with van der Waals surface area (Å²) < 4.78 is 16.7. The minimum atomic E-state index is -0.344. The molecule has 4 aromatic rings. The smallest absolute Gasteiger partial charge is 0.149 e. The van der Waals surface area contributed by atoms with Gasteiger partial charge in [0.25, 0.3) is 0 Å². The van der Waals surface area contributed by atoms with Crippen LogP contribution in [0.25, 0.3) is 28.4 Å².